The number of hydrogen-bond donors (Lipinski definition) is 1. The van der Waals surface area contributed by atoms with Crippen LogP contribution in [-0.4, -0.2) is 28.1 Å². The SMILES string of the molecule is CSc1nnc(SCC(=O)Nc2sc3c(c2C#N)CCCC3)s1. The first-order chi connectivity index (χ1) is 11.2. The van der Waals surface area contributed by atoms with E-state index < -0.39 is 0 Å². The molecule has 1 N–H and O–H groups in total. The number of thioether (sulfide) groups is 2. The Balaban J connectivity index is 1.64. The van der Waals surface area contributed by atoms with Crippen molar-refractivity contribution in [3.8, 4) is 6.07 Å². The van der Waals surface area contributed by atoms with Crippen LogP contribution in [0.1, 0.15) is 28.8 Å². The van der Waals surface area contributed by atoms with E-state index in [-0.39, 0.29) is 11.7 Å². The first-order valence-electron chi connectivity index (χ1n) is 7.06. The molecule has 0 saturated heterocycles. The van der Waals surface area contributed by atoms with E-state index in [9.17, 15) is 10.1 Å². The maximum atomic E-state index is 12.2. The lowest BCUT2D eigenvalue weighted by atomic mass is 9.96. The quantitative estimate of drug-likeness (QED) is 0.793. The van der Waals surface area contributed by atoms with Gasteiger partial charge in [0, 0.05) is 4.88 Å². The van der Waals surface area contributed by atoms with Crippen LogP contribution in [-0.2, 0) is 17.6 Å². The van der Waals surface area contributed by atoms with Crippen molar-refractivity contribution in [1.82, 2.24) is 10.2 Å². The van der Waals surface area contributed by atoms with Gasteiger partial charge in [0.2, 0.25) is 5.91 Å². The first-order valence-corrected chi connectivity index (χ1v) is 10.9. The van der Waals surface area contributed by atoms with Gasteiger partial charge in [-0.2, -0.15) is 5.26 Å². The second kappa shape index (κ2) is 7.66. The second-order valence-electron chi connectivity index (χ2n) is 4.90. The van der Waals surface area contributed by atoms with Crippen LogP contribution < -0.4 is 5.32 Å². The molecule has 23 heavy (non-hydrogen) atoms. The predicted molar refractivity (Wildman–Crippen MR) is 96.7 cm³/mol. The minimum Gasteiger partial charge on any atom is -0.316 e. The second-order valence-corrected chi connectivity index (χ2v) is 9.26. The van der Waals surface area contributed by atoms with E-state index in [0.717, 1.165) is 39.9 Å². The van der Waals surface area contributed by atoms with Crippen molar-refractivity contribution in [2.45, 2.75) is 34.4 Å². The molecule has 0 aliphatic heterocycles. The zero-order valence-electron chi connectivity index (χ0n) is 12.4. The molecule has 0 fully saturated rings. The van der Waals surface area contributed by atoms with Crippen LogP contribution in [0.4, 0.5) is 5.00 Å². The summed E-state index contributed by atoms with van der Waals surface area (Å²) in [5.41, 5.74) is 1.80. The van der Waals surface area contributed by atoms with Crippen molar-refractivity contribution >= 4 is 57.1 Å². The fourth-order valence-corrected chi connectivity index (χ4v) is 5.89. The number of nitrogens with zero attached hydrogens (tertiary/aromatic N) is 3. The molecule has 2 aromatic rings. The highest BCUT2D eigenvalue weighted by Crippen LogP contribution is 2.37. The van der Waals surface area contributed by atoms with Crippen molar-refractivity contribution in [2.75, 3.05) is 17.3 Å². The summed E-state index contributed by atoms with van der Waals surface area (Å²) in [5.74, 6) is 0.169. The summed E-state index contributed by atoms with van der Waals surface area (Å²) in [6.45, 7) is 0. The molecular weight excluding hydrogens is 368 g/mol. The Morgan fingerprint density at radius 1 is 1.30 bits per heavy atom. The van der Waals surface area contributed by atoms with Gasteiger partial charge in [-0.15, -0.1) is 21.5 Å². The van der Waals surface area contributed by atoms with Gasteiger partial charge in [-0.1, -0.05) is 34.9 Å². The zero-order chi connectivity index (χ0) is 16.2. The molecule has 120 valence electrons. The minimum absolute atomic E-state index is 0.106. The van der Waals surface area contributed by atoms with Gasteiger partial charge in [0.05, 0.1) is 11.3 Å². The number of hydrogen-bond acceptors (Lipinski definition) is 8. The average Bonchev–Trinajstić information content (AvgIpc) is 3.16. The van der Waals surface area contributed by atoms with Crippen molar-refractivity contribution in [3.05, 3.63) is 16.0 Å². The topological polar surface area (TPSA) is 78.7 Å². The fourth-order valence-electron chi connectivity index (χ4n) is 2.40. The van der Waals surface area contributed by atoms with E-state index >= 15 is 0 Å². The number of amides is 1. The van der Waals surface area contributed by atoms with Gasteiger partial charge in [-0.25, -0.2) is 0 Å². The number of aromatic nitrogens is 2. The zero-order valence-corrected chi connectivity index (χ0v) is 15.7. The van der Waals surface area contributed by atoms with Crippen LogP contribution in [0.3, 0.4) is 0 Å². The molecule has 0 spiro atoms. The average molecular weight is 383 g/mol. The number of fused-ring (bicyclic) bond motifs is 1. The summed E-state index contributed by atoms with van der Waals surface area (Å²) in [6.07, 6.45) is 6.19. The third-order valence-electron chi connectivity index (χ3n) is 3.43. The van der Waals surface area contributed by atoms with E-state index in [2.05, 4.69) is 21.6 Å². The highest BCUT2D eigenvalue weighted by Gasteiger charge is 2.21. The molecule has 0 atom stereocenters. The fraction of sp³-hybridized carbons (Fsp3) is 0.429. The molecule has 3 rings (SSSR count). The summed E-state index contributed by atoms with van der Waals surface area (Å²) in [5, 5.41) is 21.0. The highest BCUT2D eigenvalue weighted by molar-refractivity contribution is 8.03. The van der Waals surface area contributed by atoms with Crippen molar-refractivity contribution in [2.24, 2.45) is 0 Å². The van der Waals surface area contributed by atoms with Gasteiger partial charge >= 0.3 is 0 Å². The molecule has 1 aliphatic carbocycles. The summed E-state index contributed by atoms with van der Waals surface area (Å²) in [6, 6.07) is 2.26. The Bertz CT molecular complexity index is 761. The van der Waals surface area contributed by atoms with E-state index in [1.54, 1.807) is 23.1 Å². The van der Waals surface area contributed by atoms with Crippen LogP contribution in [0.15, 0.2) is 8.68 Å². The molecular formula is C14H14N4OS4. The van der Waals surface area contributed by atoms with Gasteiger partial charge in [0.1, 0.15) is 11.1 Å². The molecule has 5 nitrogen and oxygen atoms in total. The lowest BCUT2D eigenvalue weighted by Crippen LogP contribution is -2.13. The third-order valence-corrected chi connectivity index (χ3v) is 7.66. The van der Waals surface area contributed by atoms with Gasteiger partial charge in [-0.3, -0.25) is 4.79 Å². The first kappa shape index (κ1) is 16.8. The molecule has 1 aliphatic rings. The molecule has 2 aromatic heterocycles. The van der Waals surface area contributed by atoms with Crippen molar-refractivity contribution in [1.29, 1.82) is 5.26 Å². The molecule has 0 radical (unpaired) electrons. The summed E-state index contributed by atoms with van der Waals surface area (Å²) in [4.78, 5) is 13.4. The Morgan fingerprint density at radius 3 is 2.83 bits per heavy atom. The van der Waals surface area contributed by atoms with Crippen molar-refractivity contribution < 1.29 is 4.79 Å². The molecule has 0 saturated carbocycles. The van der Waals surface area contributed by atoms with Crippen LogP contribution >= 0.6 is 46.2 Å². The van der Waals surface area contributed by atoms with Gasteiger partial charge in [0.25, 0.3) is 0 Å². The summed E-state index contributed by atoms with van der Waals surface area (Å²) < 4.78 is 1.68. The number of carbonyl (C=O) groups is 1. The Labute approximate surface area is 150 Å². The van der Waals surface area contributed by atoms with E-state index in [1.165, 1.54) is 28.0 Å². The number of nitrogens with one attached hydrogen (secondary N) is 1. The molecule has 0 bridgehead atoms. The molecule has 1 amide bonds. The van der Waals surface area contributed by atoms with E-state index in [1.807, 2.05) is 6.26 Å². The number of nitriles is 1. The molecule has 0 aromatic carbocycles. The van der Waals surface area contributed by atoms with Crippen LogP contribution in [0.25, 0.3) is 0 Å². The number of carbonyl (C=O) groups excluding carboxylic acids is 1. The number of anilines is 1. The van der Waals surface area contributed by atoms with Gasteiger partial charge in [0.15, 0.2) is 8.68 Å². The summed E-state index contributed by atoms with van der Waals surface area (Å²) >= 11 is 5.95. The maximum absolute atomic E-state index is 12.2. The van der Waals surface area contributed by atoms with E-state index in [0.29, 0.717) is 10.6 Å². The lowest BCUT2D eigenvalue weighted by Gasteiger charge is -2.09. The molecule has 0 unspecified atom stereocenters. The predicted octanol–water partition coefficient (Wildman–Crippen LogP) is 3.80. The van der Waals surface area contributed by atoms with Crippen LogP contribution in [0, 0.1) is 11.3 Å². The number of aryl methyl sites for hydroxylation is 1. The largest absolute Gasteiger partial charge is 0.316 e. The third kappa shape index (κ3) is 3.88. The van der Waals surface area contributed by atoms with Gasteiger partial charge < -0.3 is 5.32 Å². The standard InChI is InChI=1S/C14H14N4OS4/c1-20-13-17-18-14(23-13)21-7-11(19)16-12-9(6-15)8-4-2-3-5-10(8)22-12/h2-5,7H2,1H3,(H,16,19). The smallest absolute Gasteiger partial charge is 0.235 e. The molecule has 9 heteroatoms. The Kier molecular flexibility index (Phi) is 5.58. The Hall–Kier alpha value is -1.08. The Morgan fingerprint density at radius 2 is 2.09 bits per heavy atom. The van der Waals surface area contributed by atoms with Crippen LogP contribution in [0.5, 0.6) is 0 Å². The maximum Gasteiger partial charge on any atom is 0.235 e. The molecule has 2 heterocycles. The lowest BCUT2D eigenvalue weighted by molar-refractivity contribution is -0.113. The highest BCUT2D eigenvalue weighted by atomic mass is 32.2. The monoisotopic (exact) mass is 382 g/mol. The number of thiophene rings is 1. The van der Waals surface area contributed by atoms with Gasteiger partial charge in [-0.05, 0) is 37.5 Å². The minimum atomic E-state index is -0.106. The normalized spacial score (nSPS) is 13.4. The summed E-state index contributed by atoms with van der Waals surface area (Å²) in [7, 11) is 0. The van der Waals surface area contributed by atoms with Crippen LogP contribution in [0.2, 0.25) is 0 Å². The van der Waals surface area contributed by atoms with Crippen molar-refractivity contribution in [3.63, 3.8) is 0 Å². The number of rotatable bonds is 5. The van der Waals surface area contributed by atoms with E-state index in [4.69, 9.17) is 0 Å².